The third-order valence-electron chi connectivity index (χ3n) is 4.97. The number of hydrogen-bond donors (Lipinski definition) is 1. The van der Waals surface area contributed by atoms with Gasteiger partial charge in [-0.05, 0) is 31.1 Å². The Bertz CT molecular complexity index is 766. The van der Waals surface area contributed by atoms with Crippen molar-refractivity contribution < 1.29 is 22.0 Å². The highest BCUT2D eigenvalue weighted by molar-refractivity contribution is 7.89. The van der Waals surface area contributed by atoms with Gasteiger partial charge < -0.3 is 10.2 Å². The monoisotopic (exact) mass is 409 g/mol. The molecule has 1 N–H and O–H groups in total. The van der Waals surface area contributed by atoms with Gasteiger partial charge in [0.25, 0.3) is 0 Å². The molecule has 2 saturated heterocycles. The number of nitrogens with one attached hydrogen (secondary N) is 1. The zero-order valence-corrected chi connectivity index (χ0v) is 16.0. The number of rotatable bonds is 4. The van der Waals surface area contributed by atoms with Crippen LogP contribution in [0.4, 0.5) is 8.78 Å². The molecule has 0 aromatic heterocycles. The first-order chi connectivity index (χ1) is 11.8. The summed E-state index contributed by atoms with van der Waals surface area (Å²) in [7, 11) is -4.04. The van der Waals surface area contributed by atoms with E-state index in [1.54, 1.807) is 4.90 Å². The highest BCUT2D eigenvalue weighted by Gasteiger charge is 2.35. The van der Waals surface area contributed by atoms with Gasteiger partial charge in [0.05, 0.1) is 0 Å². The van der Waals surface area contributed by atoms with Crippen LogP contribution in [-0.2, 0) is 14.8 Å². The lowest BCUT2D eigenvalue weighted by Gasteiger charge is -2.38. The van der Waals surface area contributed by atoms with Gasteiger partial charge >= 0.3 is 0 Å². The van der Waals surface area contributed by atoms with Gasteiger partial charge in [-0.1, -0.05) is 6.92 Å². The lowest BCUT2D eigenvalue weighted by molar-refractivity contribution is -0.138. The van der Waals surface area contributed by atoms with Crippen molar-refractivity contribution in [1.29, 1.82) is 0 Å². The third-order valence-corrected chi connectivity index (χ3v) is 6.90. The number of carbonyl (C=O) groups is 1. The molecule has 6 nitrogen and oxygen atoms in total. The fourth-order valence-corrected chi connectivity index (χ4v) is 4.59. The number of nitrogens with zero attached hydrogens (tertiary/aromatic N) is 2. The molecule has 0 spiro atoms. The van der Waals surface area contributed by atoms with Crippen molar-refractivity contribution in [3.8, 4) is 0 Å². The maximum absolute atomic E-state index is 13.8. The lowest BCUT2D eigenvalue weighted by atomic mass is 9.88. The normalized spacial score (nSPS) is 20.2. The highest BCUT2D eigenvalue weighted by atomic mass is 35.5. The van der Waals surface area contributed by atoms with Crippen LogP contribution in [0.5, 0.6) is 0 Å². The van der Waals surface area contributed by atoms with Crippen LogP contribution in [0.25, 0.3) is 0 Å². The van der Waals surface area contributed by atoms with Crippen LogP contribution in [0.15, 0.2) is 23.1 Å². The lowest BCUT2D eigenvalue weighted by Crippen LogP contribution is -2.55. The molecule has 26 heavy (non-hydrogen) atoms. The summed E-state index contributed by atoms with van der Waals surface area (Å²) < 4.78 is 53.1. The molecule has 0 bridgehead atoms. The van der Waals surface area contributed by atoms with Crippen molar-refractivity contribution in [1.82, 2.24) is 14.5 Å². The predicted molar refractivity (Wildman–Crippen MR) is 94.5 cm³/mol. The summed E-state index contributed by atoms with van der Waals surface area (Å²) >= 11 is 0. The van der Waals surface area contributed by atoms with Gasteiger partial charge in [-0.2, -0.15) is 4.31 Å². The quantitative estimate of drug-likeness (QED) is 0.807. The van der Waals surface area contributed by atoms with Crippen molar-refractivity contribution in [2.45, 2.75) is 11.8 Å². The second kappa shape index (κ2) is 8.16. The van der Waals surface area contributed by atoms with E-state index in [9.17, 15) is 22.0 Å². The topological polar surface area (TPSA) is 69.7 Å². The Balaban J connectivity index is 0.00000243. The van der Waals surface area contributed by atoms with Crippen LogP contribution in [0, 0.1) is 23.5 Å². The van der Waals surface area contributed by atoms with Gasteiger partial charge in [0.1, 0.15) is 16.5 Å². The van der Waals surface area contributed by atoms with Crippen LogP contribution < -0.4 is 5.32 Å². The Kier molecular flexibility index (Phi) is 6.60. The summed E-state index contributed by atoms with van der Waals surface area (Å²) in [6.07, 6.45) is 0. The van der Waals surface area contributed by atoms with E-state index in [4.69, 9.17) is 0 Å². The van der Waals surface area contributed by atoms with Gasteiger partial charge in [0.2, 0.25) is 15.9 Å². The Labute approximate surface area is 158 Å². The summed E-state index contributed by atoms with van der Waals surface area (Å²) in [6.45, 7) is 4.28. The van der Waals surface area contributed by atoms with E-state index in [2.05, 4.69) is 5.32 Å². The minimum absolute atomic E-state index is 0. The number of halogens is 3. The molecule has 2 fully saturated rings. The number of carbonyl (C=O) groups excluding carboxylic acids is 1. The van der Waals surface area contributed by atoms with Crippen molar-refractivity contribution >= 4 is 28.3 Å². The molecule has 1 aromatic rings. The molecule has 0 radical (unpaired) electrons. The van der Waals surface area contributed by atoms with Crippen molar-refractivity contribution in [2.24, 2.45) is 11.8 Å². The Hall–Kier alpha value is -1.29. The molecule has 1 amide bonds. The summed E-state index contributed by atoms with van der Waals surface area (Å²) in [5.41, 5.74) is 0. The maximum Gasteiger partial charge on any atom is 0.246 e. The molecule has 0 aliphatic carbocycles. The number of amides is 1. The minimum Gasteiger partial charge on any atom is -0.340 e. The maximum atomic E-state index is 13.8. The van der Waals surface area contributed by atoms with E-state index in [1.807, 2.05) is 6.92 Å². The molecule has 146 valence electrons. The van der Waals surface area contributed by atoms with E-state index < -0.39 is 26.6 Å². The third kappa shape index (κ3) is 4.00. The van der Waals surface area contributed by atoms with Crippen LogP contribution >= 0.6 is 12.4 Å². The van der Waals surface area contributed by atoms with Crippen LogP contribution in [-0.4, -0.2) is 62.8 Å². The number of hydrogen-bond acceptors (Lipinski definition) is 4. The second-order valence-corrected chi connectivity index (χ2v) is 8.42. The van der Waals surface area contributed by atoms with Crippen molar-refractivity contribution in [3.63, 3.8) is 0 Å². The van der Waals surface area contributed by atoms with E-state index in [0.717, 1.165) is 29.5 Å². The van der Waals surface area contributed by atoms with Gasteiger partial charge in [-0.15, -0.1) is 12.4 Å². The van der Waals surface area contributed by atoms with E-state index in [1.165, 1.54) is 0 Å². The van der Waals surface area contributed by atoms with Crippen LogP contribution in [0.2, 0.25) is 0 Å². The molecule has 1 unspecified atom stereocenters. The molecule has 2 aliphatic heterocycles. The Morgan fingerprint density at radius 2 is 1.81 bits per heavy atom. The molecule has 0 saturated carbocycles. The fourth-order valence-electron chi connectivity index (χ4n) is 3.13. The number of sulfonamides is 1. The van der Waals surface area contributed by atoms with E-state index in [-0.39, 0.29) is 50.4 Å². The average Bonchev–Trinajstić information content (AvgIpc) is 2.52. The predicted octanol–water partition coefficient (Wildman–Crippen LogP) is 1.07. The minimum atomic E-state index is -4.04. The SMILES string of the molecule is CC(C(=O)N1CCN(S(=O)(=O)c2ccc(F)cc2F)CC1)C1CNC1.Cl. The van der Waals surface area contributed by atoms with E-state index in [0.29, 0.717) is 12.0 Å². The fraction of sp³-hybridized carbons (Fsp3) is 0.562. The molecule has 3 rings (SSSR count). The molecular formula is C16H22ClF2N3O3S. The summed E-state index contributed by atoms with van der Waals surface area (Å²) in [5, 5.41) is 3.13. The molecular weight excluding hydrogens is 388 g/mol. The molecule has 10 heteroatoms. The first kappa shape index (κ1) is 21.0. The van der Waals surface area contributed by atoms with Crippen molar-refractivity contribution in [2.75, 3.05) is 39.3 Å². The standard InChI is InChI=1S/C16H21F2N3O3S.ClH/c1-11(12-9-19-10-12)16(22)20-4-6-21(7-5-20)25(23,24)15-3-2-13(17)8-14(15)18;/h2-3,8,11-12,19H,4-7,9-10H2,1H3;1H. The van der Waals surface area contributed by atoms with E-state index >= 15 is 0 Å². The zero-order chi connectivity index (χ0) is 18.2. The molecule has 2 aliphatic rings. The first-order valence-electron chi connectivity index (χ1n) is 8.25. The van der Waals surface area contributed by atoms with Crippen LogP contribution in [0.3, 0.4) is 0 Å². The second-order valence-electron chi connectivity index (χ2n) is 6.51. The summed E-state index contributed by atoms with van der Waals surface area (Å²) in [6, 6.07) is 2.41. The molecule has 1 atom stereocenters. The summed E-state index contributed by atoms with van der Waals surface area (Å²) in [4.78, 5) is 13.6. The smallest absolute Gasteiger partial charge is 0.246 e. The Morgan fingerprint density at radius 1 is 1.19 bits per heavy atom. The summed E-state index contributed by atoms with van der Waals surface area (Å²) in [5.74, 6) is -1.69. The highest BCUT2D eigenvalue weighted by Crippen LogP contribution is 2.23. The number of benzene rings is 1. The first-order valence-corrected chi connectivity index (χ1v) is 9.69. The van der Waals surface area contributed by atoms with Gasteiger partial charge in [0.15, 0.2) is 0 Å². The molecule has 2 heterocycles. The van der Waals surface area contributed by atoms with Gasteiger partial charge in [-0.25, -0.2) is 17.2 Å². The largest absolute Gasteiger partial charge is 0.340 e. The average molecular weight is 410 g/mol. The van der Waals surface area contributed by atoms with Gasteiger partial charge in [-0.3, -0.25) is 4.79 Å². The van der Waals surface area contributed by atoms with Crippen molar-refractivity contribution in [3.05, 3.63) is 29.8 Å². The molecule has 1 aromatic carbocycles. The zero-order valence-electron chi connectivity index (χ0n) is 14.3. The van der Waals surface area contributed by atoms with Crippen LogP contribution in [0.1, 0.15) is 6.92 Å². The van der Waals surface area contributed by atoms with Gasteiger partial charge in [0, 0.05) is 38.2 Å². The Morgan fingerprint density at radius 3 is 2.31 bits per heavy atom. The number of piperazine rings is 1.